The average molecular weight is 353 g/mol. The predicted molar refractivity (Wildman–Crippen MR) is 101 cm³/mol. The van der Waals surface area contributed by atoms with Crippen LogP contribution in [0.3, 0.4) is 0 Å². The molecule has 0 radical (unpaired) electrons. The first kappa shape index (κ1) is 17.9. The number of nitrogens with one attached hydrogen (secondary N) is 2. The van der Waals surface area contributed by atoms with Gasteiger partial charge in [0.1, 0.15) is 5.65 Å². The van der Waals surface area contributed by atoms with Crippen LogP contribution in [0.25, 0.3) is 21.9 Å². The minimum Gasteiger partial charge on any atom is -0.469 e. The zero-order valence-electron chi connectivity index (χ0n) is 15.1. The molecular formula is C20H23N3O3. The lowest BCUT2D eigenvalue weighted by Crippen LogP contribution is -2.25. The van der Waals surface area contributed by atoms with Crippen LogP contribution >= 0.6 is 0 Å². The SMILES string of the molecule is COC(=O)CCCCCNC(=O)c1cc2c(nc1C)[nH]c1ccccc12. The fourth-order valence-electron chi connectivity index (χ4n) is 3.06. The molecule has 6 heteroatoms. The van der Waals surface area contributed by atoms with Gasteiger partial charge in [-0.1, -0.05) is 24.6 Å². The van der Waals surface area contributed by atoms with Crippen LogP contribution in [0, 0.1) is 6.92 Å². The predicted octanol–water partition coefficient (Wildman–Crippen LogP) is 3.49. The summed E-state index contributed by atoms with van der Waals surface area (Å²) in [6.45, 7) is 2.42. The molecule has 3 aromatic rings. The van der Waals surface area contributed by atoms with Crippen LogP contribution in [0.4, 0.5) is 0 Å². The van der Waals surface area contributed by atoms with Crippen molar-refractivity contribution in [3.05, 3.63) is 41.6 Å². The zero-order chi connectivity index (χ0) is 18.5. The Balaban J connectivity index is 1.64. The molecule has 0 aliphatic rings. The van der Waals surface area contributed by atoms with Gasteiger partial charge in [0.25, 0.3) is 5.91 Å². The monoisotopic (exact) mass is 353 g/mol. The van der Waals surface area contributed by atoms with Crippen molar-refractivity contribution in [3.8, 4) is 0 Å². The number of carbonyl (C=O) groups is 2. The highest BCUT2D eigenvalue weighted by Crippen LogP contribution is 2.25. The van der Waals surface area contributed by atoms with Crippen molar-refractivity contribution in [3.63, 3.8) is 0 Å². The number of amides is 1. The minimum atomic E-state index is -0.192. The molecule has 0 spiro atoms. The molecule has 2 N–H and O–H groups in total. The lowest BCUT2D eigenvalue weighted by Gasteiger charge is -2.07. The number of unbranched alkanes of at least 4 members (excludes halogenated alkanes) is 2. The molecule has 0 aliphatic heterocycles. The number of esters is 1. The van der Waals surface area contributed by atoms with E-state index >= 15 is 0 Å². The molecule has 0 fully saturated rings. The summed E-state index contributed by atoms with van der Waals surface area (Å²) in [5, 5.41) is 4.96. The van der Waals surface area contributed by atoms with Gasteiger partial charge in [0, 0.05) is 29.3 Å². The van der Waals surface area contributed by atoms with Gasteiger partial charge in [0.05, 0.1) is 18.4 Å². The van der Waals surface area contributed by atoms with Gasteiger partial charge in [-0.2, -0.15) is 0 Å². The third-order valence-electron chi connectivity index (χ3n) is 4.50. The van der Waals surface area contributed by atoms with E-state index in [1.807, 2.05) is 37.3 Å². The second kappa shape index (κ2) is 7.99. The summed E-state index contributed by atoms with van der Waals surface area (Å²) in [4.78, 5) is 31.4. The van der Waals surface area contributed by atoms with E-state index in [1.165, 1.54) is 7.11 Å². The third-order valence-corrected chi connectivity index (χ3v) is 4.50. The van der Waals surface area contributed by atoms with E-state index in [9.17, 15) is 9.59 Å². The van der Waals surface area contributed by atoms with Gasteiger partial charge in [-0.3, -0.25) is 9.59 Å². The van der Waals surface area contributed by atoms with E-state index in [4.69, 9.17) is 0 Å². The molecule has 0 unspecified atom stereocenters. The number of pyridine rings is 1. The highest BCUT2D eigenvalue weighted by atomic mass is 16.5. The minimum absolute atomic E-state index is 0.116. The molecule has 26 heavy (non-hydrogen) atoms. The molecule has 1 amide bonds. The molecule has 0 bridgehead atoms. The number of para-hydroxylation sites is 1. The summed E-state index contributed by atoms with van der Waals surface area (Å²) >= 11 is 0. The van der Waals surface area contributed by atoms with Crippen LogP contribution in [-0.4, -0.2) is 35.5 Å². The first-order chi connectivity index (χ1) is 12.6. The smallest absolute Gasteiger partial charge is 0.305 e. The average Bonchev–Trinajstić information content (AvgIpc) is 3.00. The number of H-pyrrole nitrogens is 1. The summed E-state index contributed by atoms with van der Waals surface area (Å²) in [6, 6.07) is 9.87. The maximum atomic E-state index is 12.5. The second-order valence-electron chi connectivity index (χ2n) is 6.33. The normalized spacial score (nSPS) is 11.0. The lowest BCUT2D eigenvalue weighted by molar-refractivity contribution is -0.140. The van der Waals surface area contributed by atoms with Gasteiger partial charge in [-0.25, -0.2) is 4.98 Å². The number of rotatable bonds is 7. The van der Waals surface area contributed by atoms with Crippen molar-refractivity contribution in [2.75, 3.05) is 13.7 Å². The van der Waals surface area contributed by atoms with Crippen molar-refractivity contribution >= 4 is 33.8 Å². The van der Waals surface area contributed by atoms with E-state index in [-0.39, 0.29) is 11.9 Å². The standard InChI is InChI=1S/C20H23N3O3/c1-13-15(20(25)21-11-7-3-4-10-18(24)26-2)12-16-14-8-5-6-9-17(14)23-19(16)22-13/h5-6,8-9,12H,3-4,7,10-11H2,1-2H3,(H,21,25)(H,22,23). The Morgan fingerprint density at radius 1 is 1.15 bits per heavy atom. The topological polar surface area (TPSA) is 84.1 Å². The first-order valence-corrected chi connectivity index (χ1v) is 8.83. The van der Waals surface area contributed by atoms with Crippen LogP contribution in [0.2, 0.25) is 0 Å². The molecule has 6 nitrogen and oxygen atoms in total. The molecule has 0 atom stereocenters. The van der Waals surface area contributed by atoms with Crippen LogP contribution in [0.1, 0.15) is 41.7 Å². The summed E-state index contributed by atoms with van der Waals surface area (Å²) in [5.41, 5.74) is 3.10. The number of carbonyl (C=O) groups excluding carboxylic acids is 2. The van der Waals surface area contributed by atoms with Gasteiger partial charge in [0.15, 0.2) is 0 Å². The Morgan fingerprint density at radius 2 is 1.96 bits per heavy atom. The number of aromatic amines is 1. The quantitative estimate of drug-likeness (QED) is 0.503. The number of hydrogen-bond donors (Lipinski definition) is 2. The zero-order valence-corrected chi connectivity index (χ0v) is 15.1. The van der Waals surface area contributed by atoms with E-state index in [0.29, 0.717) is 24.2 Å². The van der Waals surface area contributed by atoms with Gasteiger partial charge in [0.2, 0.25) is 0 Å². The Morgan fingerprint density at radius 3 is 2.77 bits per heavy atom. The molecule has 136 valence electrons. The summed E-state index contributed by atoms with van der Waals surface area (Å²) in [6.07, 6.45) is 2.88. The molecular weight excluding hydrogens is 330 g/mol. The van der Waals surface area contributed by atoms with Crippen LogP contribution in [0.15, 0.2) is 30.3 Å². The first-order valence-electron chi connectivity index (χ1n) is 8.83. The number of aromatic nitrogens is 2. The number of hydrogen-bond acceptors (Lipinski definition) is 4. The molecule has 0 aliphatic carbocycles. The van der Waals surface area contributed by atoms with Crippen LogP contribution in [-0.2, 0) is 9.53 Å². The van der Waals surface area contributed by atoms with Crippen molar-refractivity contribution in [2.45, 2.75) is 32.6 Å². The number of methoxy groups -OCH3 is 1. The highest BCUT2D eigenvalue weighted by molar-refractivity contribution is 6.08. The molecule has 2 aromatic heterocycles. The number of benzene rings is 1. The van der Waals surface area contributed by atoms with Crippen molar-refractivity contribution in [1.29, 1.82) is 0 Å². The summed E-state index contributed by atoms with van der Waals surface area (Å²) in [7, 11) is 1.39. The lowest BCUT2D eigenvalue weighted by atomic mass is 10.1. The Hall–Kier alpha value is -2.89. The maximum Gasteiger partial charge on any atom is 0.305 e. The van der Waals surface area contributed by atoms with E-state index < -0.39 is 0 Å². The van der Waals surface area contributed by atoms with Gasteiger partial charge >= 0.3 is 5.97 Å². The molecule has 3 rings (SSSR count). The molecule has 1 aromatic carbocycles. The van der Waals surface area contributed by atoms with Crippen molar-refractivity contribution in [2.24, 2.45) is 0 Å². The molecule has 0 saturated heterocycles. The van der Waals surface area contributed by atoms with Crippen molar-refractivity contribution in [1.82, 2.24) is 15.3 Å². The Labute approximate surface area is 151 Å². The van der Waals surface area contributed by atoms with Gasteiger partial charge in [-0.05, 0) is 31.9 Å². The number of nitrogens with zero attached hydrogens (tertiary/aromatic N) is 1. The Kier molecular flexibility index (Phi) is 5.51. The fourth-order valence-corrected chi connectivity index (χ4v) is 3.06. The van der Waals surface area contributed by atoms with E-state index in [2.05, 4.69) is 20.0 Å². The second-order valence-corrected chi connectivity index (χ2v) is 6.33. The number of ether oxygens (including phenoxy) is 1. The molecule has 0 saturated carbocycles. The summed E-state index contributed by atoms with van der Waals surface area (Å²) in [5.74, 6) is -0.307. The molecule has 2 heterocycles. The number of aryl methyl sites for hydroxylation is 1. The maximum absolute atomic E-state index is 12.5. The fraction of sp³-hybridized carbons (Fsp3) is 0.350. The van der Waals surface area contributed by atoms with Gasteiger partial charge < -0.3 is 15.0 Å². The van der Waals surface area contributed by atoms with Gasteiger partial charge in [-0.15, -0.1) is 0 Å². The largest absolute Gasteiger partial charge is 0.469 e. The van der Waals surface area contributed by atoms with Crippen molar-refractivity contribution < 1.29 is 14.3 Å². The summed E-state index contributed by atoms with van der Waals surface area (Å²) < 4.78 is 4.61. The highest BCUT2D eigenvalue weighted by Gasteiger charge is 2.14. The van der Waals surface area contributed by atoms with Crippen LogP contribution < -0.4 is 5.32 Å². The third kappa shape index (κ3) is 3.85. The van der Waals surface area contributed by atoms with E-state index in [0.717, 1.165) is 41.2 Å². The van der Waals surface area contributed by atoms with Crippen LogP contribution in [0.5, 0.6) is 0 Å². The Bertz CT molecular complexity index is 946. The van der Waals surface area contributed by atoms with E-state index in [1.54, 1.807) is 0 Å². The number of fused-ring (bicyclic) bond motifs is 3.